The monoisotopic (exact) mass is 698 g/mol. The summed E-state index contributed by atoms with van der Waals surface area (Å²) in [4.78, 5) is 40.1. The number of aromatic amines is 1. The highest BCUT2D eigenvalue weighted by molar-refractivity contribution is 5.87. The van der Waals surface area contributed by atoms with Gasteiger partial charge in [0, 0.05) is 31.9 Å². The molecule has 0 bridgehead atoms. The zero-order chi connectivity index (χ0) is 35.9. The number of benzene rings is 3. The van der Waals surface area contributed by atoms with Crippen LogP contribution in [0, 0.1) is 17.0 Å². The van der Waals surface area contributed by atoms with Crippen molar-refractivity contribution in [2.45, 2.75) is 83.3 Å². The van der Waals surface area contributed by atoms with Gasteiger partial charge in [0.1, 0.15) is 17.6 Å². The van der Waals surface area contributed by atoms with Crippen LogP contribution in [0.15, 0.2) is 60.7 Å². The summed E-state index contributed by atoms with van der Waals surface area (Å²) in [5, 5.41) is 2.73. The number of alkyl carbamates (subject to hydrolysis) is 1. The molecule has 1 aromatic heterocycles. The van der Waals surface area contributed by atoms with Crippen LogP contribution in [0.2, 0.25) is 0 Å². The number of aromatic nitrogens is 2. The van der Waals surface area contributed by atoms with Gasteiger partial charge in [-0.3, -0.25) is 4.79 Å². The Bertz CT molecular complexity index is 1860. The first-order valence-electron chi connectivity index (χ1n) is 18.2. The zero-order valence-electron chi connectivity index (χ0n) is 29.9. The number of hydrogen-bond donors (Lipinski definition) is 2. The van der Waals surface area contributed by atoms with Crippen molar-refractivity contribution in [3.05, 3.63) is 89.2 Å². The highest BCUT2D eigenvalue weighted by Gasteiger charge is 2.41. The van der Waals surface area contributed by atoms with E-state index in [1.54, 1.807) is 4.90 Å². The summed E-state index contributed by atoms with van der Waals surface area (Å²) >= 11 is 0. The molecule has 3 atom stereocenters. The maximum Gasteiger partial charge on any atom is 0.407 e. The number of rotatable bonds is 7. The van der Waals surface area contributed by atoms with Gasteiger partial charge in [0.25, 0.3) is 0 Å². The number of carbonyl (C=O) groups is 2. The van der Waals surface area contributed by atoms with Crippen LogP contribution in [0.5, 0.6) is 0 Å². The molecule has 0 saturated carbocycles. The van der Waals surface area contributed by atoms with E-state index in [-0.39, 0.29) is 23.7 Å². The average Bonchev–Trinajstić information content (AvgIpc) is 3.90. The van der Waals surface area contributed by atoms with Gasteiger partial charge >= 0.3 is 6.09 Å². The number of fused-ring (bicyclic) bond motifs is 1. The lowest BCUT2D eigenvalue weighted by molar-refractivity contribution is -0.137. The van der Waals surface area contributed by atoms with Crippen LogP contribution in [-0.2, 0) is 9.53 Å². The molecule has 4 heterocycles. The topological polar surface area (TPSA) is 93.8 Å². The molecule has 270 valence electrons. The number of imidazole rings is 1. The van der Waals surface area contributed by atoms with Gasteiger partial charge in [0.15, 0.2) is 11.6 Å². The lowest BCUT2D eigenvalue weighted by atomic mass is 9.85. The number of hydrogen-bond acceptors (Lipinski definition) is 6. The first-order chi connectivity index (χ1) is 24.5. The average molecular weight is 699 g/mol. The molecule has 9 nitrogen and oxygen atoms in total. The predicted octanol–water partition coefficient (Wildman–Crippen LogP) is 8.00. The first-order valence-corrected chi connectivity index (χ1v) is 18.2. The standard InChI is InChI=1S/C40H48F2N6O3/c1-40(2,3)36(45-39(50)51-4)38(49)48-19-9-13-34(48)37-43-31-15-14-27(22-32(31)44-37)33-12-8-18-47(33)28-23-29(41)35(30(42)24-28)46-20-16-26(17-21-46)25-10-6-5-7-11-25/h5-7,10-11,14-15,22-24,26,33-34,36H,8-9,12-13,16-21H2,1-4H3,(H,43,44)(H,45,50)/t33-,34+,36-/m1/s1. The van der Waals surface area contributed by atoms with Crippen LogP contribution in [0.4, 0.5) is 25.0 Å². The number of likely N-dealkylation sites (tertiary alicyclic amines) is 1. The molecule has 2 amide bonds. The fourth-order valence-electron chi connectivity index (χ4n) is 8.32. The van der Waals surface area contributed by atoms with Crippen molar-refractivity contribution >= 4 is 34.4 Å². The lowest BCUT2D eigenvalue weighted by Crippen LogP contribution is -2.54. The number of halogens is 2. The van der Waals surface area contributed by atoms with E-state index >= 15 is 8.78 Å². The van der Waals surface area contributed by atoms with Crippen molar-refractivity contribution < 1.29 is 23.1 Å². The summed E-state index contributed by atoms with van der Waals surface area (Å²) in [6.07, 6.45) is 4.40. The molecule has 7 rings (SSSR count). The number of anilines is 2. The molecular formula is C40H48F2N6O3. The maximum absolute atomic E-state index is 15.8. The first kappa shape index (κ1) is 34.8. The van der Waals surface area contributed by atoms with Crippen molar-refractivity contribution in [2.75, 3.05) is 43.1 Å². The van der Waals surface area contributed by atoms with Gasteiger partial charge in [0.05, 0.1) is 30.2 Å². The van der Waals surface area contributed by atoms with Crippen molar-refractivity contribution in [2.24, 2.45) is 5.41 Å². The summed E-state index contributed by atoms with van der Waals surface area (Å²) in [5.41, 5.74) is 4.04. The molecule has 3 saturated heterocycles. The molecular weight excluding hydrogens is 650 g/mol. The van der Waals surface area contributed by atoms with Crippen LogP contribution in [-0.4, -0.2) is 66.2 Å². The van der Waals surface area contributed by atoms with E-state index in [1.807, 2.05) is 56.0 Å². The summed E-state index contributed by atoms with van der Waals surface area (Å²) in [6.45, 7) is 8.23. The lowest BCUT2D eigenvalue weighted by Gasteiger charge is -2.35. The Kier molecular flexibility index (Phi) is 9.65. The number of amides is 2. The van der Waals surface area contributed by atoms with Crippen molar-refractivity contribution in [3.63, 3.8) is 0 Å². The summed E-state index contributed by atoms with van der Waals surface area (Å²) in [7, 11) is 1.29. The fourth-order valence-corrected chi connectivity index (χ4v) is 8.32. The van der Waals surface area contributed by atoms with Gasteiger partial charge in [-0.05, 0) is 85.3 Å². The van der Waals surface area contributed by atoms with Crippen LogP contribution < -0.4 is 15.1 Å². The molecule has 0 unspecified atom stereocenters. The second-order valence-corrected chi connectivity index (χ2v) is 15.3. The van der Waals surface area contributed by atoms with Crippen molar-refractivity contribution in [1.29, 1.82) is 0 Å². The Labute approximate surface area is 298 Å². The van der Waals surface area contributed by atoms with E-state index < -0.39 is 29.2 Å². The summed E-state index contributed by atoms with van der Waals surface area (Å²) < 4.78 is 36.3. The van der Waals surface area contributed by atoms with Gasteiger partial charge in [-0.1, -0.05) is 57.2 Å². The SMILES string of the molecule is COC(=O)N[C@H](C(=O)N1CCC[C@H]1c1nc2cc([C@H]3CCCN3c3cc(F)c(N4CCC(c5ccccc5)CC4)c(F)c3)ccc2[nH]1)C(C)(C)C. The number of ether oxygens (including phenoxy) is 1. The fraction of sp³-hybridized carbons (Fsp3) is 0.475. The molecule has 0 aliphatic carbocycles. The Balaban J connectivity index is 1.08. The molecule has 3 aromatic carbocycles. The van der Waals surface area contributed by atoms with Crippen molar-refractivity contribution in [1.82, 2.24) is 20.2 Å². The maximum atomic E-state index is 15.8. The molecule has 3 fully saturated rings. The Hall–Kier alpha value is -4.67. The van der Waals surface area contributed by atoms with Crippen LogP contribution in [0.3, 0.4) is 0 Å². The zero-order valence-corrected chi connectivity index (χ0v) is 29.9. The molecule has 3 aliphatic heterocycles. The van der Waals surface area contributed by atoms with Gasteiger partial charge < -0.3 is 29.7 Å². The number of nitrogens with zero attached hydrogens (tertiary/aromatic N) is 4. The Morgan fingerprint density at radius 2 is 1.57 bits per heavy atom. The second-order valence-electron chi connectivity index (χ2n) is 15.3. The molecule has 11 heteroatoms. The number of piperidine rings is 1. The third-order valence-electron chi connectivity index (χ3n) is 11.0. The minimum atomic E-state index is -0.759. The van der Waals surface area contributed by atoms with Gasteiger partial charge in [-0.2, -0.15) is 0 Å². The van der Waals surface area contributed by atoms with Gasteiger partial charge in [0.2, 0.25) is 5.91 Å². The minimum Gasteiger partial charge on any atom is -0.453 e. The summed E-state index contributed by atoms with van der Waals surface area (Å²) in [5.74, 6) is -0.105. The largest absolute Gasteiger partial charge is 0.453 e. The highest BCUT2D eigenvalue weighted by atomic mass is 19.1. The van der Waals surface area contributed by atoms with E-state index in [4.69, 9.17) is 9.72 Å². The van der Waals surface area contributed by atoms with E-state index in [0.717, 1.165) is 55.1 Å². The smallest absolute Gasteiger partial charge is 0.407 e. The predicted molar refractivity (Wildman–Crippen MR) is 195 cm³/mol. The normalized spacial score (nSPS) is 20.6. The van der Waals surface area contributed by atoms with E-state index in [9.17, 15) is 9.59 Å². The quantitative estimate of drug-likeness (QED) is 0.203. The van der Waals surface area contributed by atoms with Crippen LogP contribution in [0.25, 0.3) is 11.0 Å². The molecule has 0 spiro atoms. The molecule has 0 radical (unpaired) electrons. The van der Waals surface area contributed by atoms with Crippen LogP contribution in [0.1, 0.15) is 94.2 Å². The van der Waals surface area contributed by atoms with E-state index in [1.165, 1.54) is 24.8 Å². The number of methoxy groups -OCH3 is 1. The second kappa shape index (κ2) is 14.2. The molecule has 2 N–H and O–H groups in total. The van der Waals surface area contributed by atoms with Gasteiger partial charge in [-0.15, -0.1) is 0 Å². The number of nitrogens with one attached hydrogen (secondary N) is 2. The number of H-pyrrole nitrogens is 1. The van der Waals surface area contributed by atoms with Crippen LogP contribution >= 0.6 is 0 Å². The highest BCUT2D eigenvalue weighted by Crippen LogP contribution is 2.41. The molecule has 3 aliphatic rings. The molecule has 4 aromatic rings. The Morgan fingerprint density at radius 3 is 2.25 bits per heavy atom. The third kappa shape index (κ3) is 6.99. The Morgan fingerprint density at radius 1 is 0.882 bits per heavy atom. The molecule has 51 heavy (non-hydrogen) atoms. The van der Waals surface area contributed by atoms with E-state index in [0.29, 0.717) is 43.6 Å². The van der Waals surface area contributed by atoms with Crippen molar-refractivity contribution in [3.8, 4) is 0 Å². The third-order valence-corrected chi connectivity index (χ3v) is 11.0. The number of carbonyl (C=O) groups excluding carboxylic acids is 2. The summed E-state index contributed by atoms with van der Waals surface area (Å²) in [6, 6.07) is 18.4. The van der Waals surface area contributed by atoms with E-state index in [2.05, 4.69) is 33.4 Å². The van der Waals surface area contributed by atoms with Gasteiger partial charge in [-0.25, -0.2) is 18.6 Å². The minimum absolute atomic E-state index is 0.0534.